The Morgan fingerprint density at radius 1 is 1.35 bits per heavy atom. The van der Waals surface area contributed by atoms with Gasteiger partial charge in [0.2, 0.25) is 0 Å². The zero-order valence-corrected chi connectivity index (χ0v) is 10.6. The molecule has 2 amide bonds. The molecule has 1 aliphatic rings. The highest BCUT2D eigenvalue weighted by molar-refractivity contribution is 7.84. The number of carboxylic acid groups (broad SMARTS) is 1. The maximum atomic E-state index is 11.3. The molecule has 0 spiro atoms. The van der Waals surface area contributed by atoms with Gasteiger partial charge in [-0.05, 0) is 19.3 Å². The lowest BCUT2D eigenvalue weighted by atomic mass is 10.1. The maximum absolute atomic E-state index is 11.3. The van der Waals surface area contributed by atoms with Crippen LogP contribution in [0.5, 0.6) is 0 Å². The van der Waals surface area contributed by atoms with Crippen molar-refractivity contribution in [2.45, 2.75) is 19.3 Å². The molecule has 1 saturated carbocycles. The van der Waals surface area contributed by atoms with Gasteiger partial charge in [0, 0.05) is 35.9 Å². The SMILES string of the molecule is CS(=O)CCCNC(=O)NCC1(C(=O)O)CC1. The molecule has 0 aromatic rings. The Bertz CT molecular complexity index is 328. The van der Waals surface area contributed by atoms with Gasteiger partial charge in [-0.2, -0.15) is 0 Å². The molecule has 1 atom stereocenters. The Labute approximate surface area is 103 Å². The van der Waals surface area contributed by atoms with Crippen molar-refractivity contribution in [2.24, 2.45) is 5.41 Å². The number of nitrogens with one attached hydrogen (secondary N) is 2. The molecule has 0 aromatic heterocycles. The molecule has 0 aromatic carbocycles. The maximum Gasteiger partial charge on any atom is 0.314 e. The van der Waals surface area contributed by atoms with E-state index in [0.29, 0.717) is 31.6 Å². The summed E-state index contributed by atoms with van der Waals surface area (Å²) >= 11 is 0. The van der Waals surface area contributed by atoms with Crippen LogP contribution in [0.25, 0.3) is 0 Å². The summed E-state index contributed by atoms with van der Waals surface area (Å²) in [6.07, 6.45) is 3.51. The molecule has 1 aliphatic carbocycles. The van der Waals surface area contributed by atoms with E-state index < -0.39 is 22.2 Å². The van der Waals surface area contributed by atoms with Crippen LogP contribution in [0.15, 0.2) is 0 Å². The van der Waals surface area contributed by atoms with Crippen LogP contribution < -0.4 is 10.6 Å². The molecule has 0 radical (unpaired) electrons. The normalized spacial score (nSPS) is 18.2. The zero-order chi connectivity index (χ0) is 12.9. The second kappa shape index (κ2) is 6.00. The van der Waals surface area contributed by atoms with Gasteiger partial charge in [-0.3, -0.25) is 9.00 Å². The fourth-order valence-electron chi connectivity index (χ4n) is 1.41. The highest BCUT2D eigenvalue weighted by Gasteiger charge is 2.50. The molecule has 0 saturated heterocycles. The first-order chi connectivity index (χ1) is 7.96. The predicted octanol–water partition coefficient (Wildman–Crippen LogP) is -0.0810. The fraction of sp³-hybridized carbons (Fsp3) is 0.800. The van der Waals surface area contributed by atoms with Crippen molar-refractivity contribution < 1.29 is 18.9 Å². The van der Waals surface area contributed by atoms with Crippen molar-refractivity contribution in [3.8, 4) is 0 Å². The van der Waals surface area contributed by atoms with E-state index in [1.165, 1.54) is 0 Å². The summed E-state index contributed by atoms with van der Waals surface area (Å²) in [7, 11) is -0.844. The van der Waals surface area contributed by atoms with Crippen LogP contribution in [-0.4, -0.2) is 46.4 Å². The van der Waals surface area contributed by atoms with E-state index in [2.05, 4.69) is 10.6 Å². The average Bonchev–Trinajstić information content (AvgIpc) is 3.02. The molecular weight excluding hydrogens is 244 g/mol. The molecule has 0 aliphatic heterocycles. The van der Waals surface area contributed by atoms with E-state index in [-0.39, 0.29) is 12.6 Å². The van der Waals surface area contributed by atoms with Crippen molar-refractivity contribution in [2.75, 3.05) is 25.1 Å². The Kier molecular flexibility index (Phi) is 4.92. The van der Waals surface area contributed by atoms with Gasteiger partial charge in [0.1, 0.15) is 0 Å². The standard InChI is InChI=1S/C10H18N2O4S/c1-17(16)6-2-5-11-9(15)12-7-10(3-4-10)8(13)14/h2-7H2,1H3,(H,13,14)(H2,11,12,15). The largest absolute Gasteiger partial charge is 0.481 e. The van der Waals surface area contributed by atoms with Gasteiger partial charge in [0.05, 0.1) is 5.41 Å². The summed E-state index contributed by atoms with van der Waals surface area (Å²) in [5.74, 6) is -0.293. The Morgan fingerprint density at radius 2 is 2.00 bits per heavy atom. The van der Waals surface area contributed by atoms with E-state index in [4.69, 9.17) is 5.11 Å². The second-order valence-electron chi connectivity index (χ2n) is 4.33. The van der Waals surface area contributed by atoms with Crippen LogP contribution in [0.1, 0.15) is 19.3 Å². The highest BCUT2D eigenvalue weighted by atomic mass is 32.2. The molecule has 0 heterocycles. The molecule has 3 N–H and O–H groups in total. The van der Waals surface area contributed by atoms with Gasteiger partial charge in [0.15, 0.2) is 0 Å². The van der Waals surface area contributed by atoms with Crippen molar-refractivity contribution >= 4 is 22.8 Å². The van der Waals surface area contributed by atoms with E-state index in [0.717, 1.165) is 0 Å². The number of carboxylic acids is 1. The van der Waals surface area contributed by atoms with E-state index in [9.17, 15) is 13.8 Å². The summed E-state index contributed by atoms with van der Waals surface area (Å²) < 4.78 is 10.7. The fourth-order valence-corrected chi connectivity index (χ4v) is 1.96. The van der Waals surface area contributed by atoms with E-state index in [1.807, 2.05) is 0 Å². The smallest absolute Gasteiger partial charge is 0.314 e. The molecule has 7 heteroatoms. The average molecular weight is 262 g/mol. The third-order valence-corrected chi connectivity index (χ3v) is 3.65. The lowest BCUT2D eigenvalue weighted by Gasteiger charge is -2.11. The van der Waals surface area contributed by atoms with Crippen LogP contribution in [0, 0.1) is 5.41 Å². The van der Waals surface area contributed by atoms with Crippen molar-refractivity contribution in [1.29, 1.82) is 0 Å². The van der Waals surface area contributed by atoms with Gasteiger partial charge in [-0.1, -0.05) is 0 Å². The molecule has 98 valence electrons. The van der Waals surface area contributed by atoms with E-state index in [1.54, 1.807) is 6.26 Å². The number of rotatable bonds is 7. The van der Waals surface area contributed by atoms with Gasteiger partial charge >= 0.3 is 12.0 Å². The number of urea groups is 1. The van der Waals surface area contributed by atoms with Crippen molar-refractivity contribution in [3.05, 3.63) is 0 Å². The Hall–Kier alpha value is -1.11. The number of carbonyl (C=O) groups excluding carboxylic acids is 1. The number of aliphatic carboxylic acids is 1. The number of hydrogen-bond acceptors (Lipinski definition) is 3. The lowest BCUT2D eigenvalue weighted by Crippen LogP contribution is -2.41. The molecule has 17 heavy (non-hydrogen) atoms. The Morgan fingerprint density at radius 3 is 2.47 bits per heavy atom. The lowest BCUT2D eigenvalue weighted by molar-refractivity contribution is -0.143. The Balaban J connectivity index is 2.10. The van der Waals surface area contributed by atoms with Crippen LogP contribution in [-0.2, 0) is 15.6 Å². The number of hydrogen-bond donors (Lipinski definition) is 3. The van der Waals surface area contributed by atoms with Crippen LogP contribution in [0.2, 0.25) is 0 Å². The second-order valence-corrected chi connectivity index (χ2v) is 5.88. The minimum atomic E-state index is -0.848. The summed E-state index contributed by atoms with van der Waals surface area (Å²) in [5.41, 5.74) is -0.734. The molecule has 0 bridgehead atoms. The minimum absolute atomic E-state index is 0.174. The third-order valence-electron chi connectivity index (χ3n) is 2.79. The van der Waals surface area contributed by atoms with Gasteiger partial charge in [0.25, 0.3) is 0 Å². The predicted molar refractivity (Wildman–Crippen MR) is 64.3 cm³/mol. The molecule has 1 rings (SSSR count). The summed E-state index contributed by atoms with van der Waals surface area (Å²) in [6, 6.07) is -0.362. The molecule has 1 unspecified atom stereocenters. The van der Waals surface area contributed by atoms with E-state index >= 15 is 0 Å². The minimum Gasteiger partial charge on any atom is -0.481 e. The highest BCUT2D eigenvalue weighted by Crippen LogP contribution is 2.45. The summed E-state index contributed by atoms with van der Waals surface area (Å²) in [6.45, 7) is 0.624. The quantitative estimate of drug-likeness (QED) is 0.559. The topological polar surface area (TPSA) is 95.5 Å². The first-order valence-electron chi connectivity index (χ1n) is 5.51. The van der Waals surface area contributed by atoms with Crippen molar-refractivity contribution in [3.63, 3.8) is 0 Å². The summed E-state index contributed by atoms with van der Waals surface area (Å²) in [5, 5.41) is 14.0. The third kappa shape index (κ3) is 4.72. The first kappa shape index (κ1) is 14.0. The van der Waals surface area contributed by atoms with Crippen LogP contribution >= 0.6 is 0 Å². The number of carbonyl (C=O) groups is 2. The first-order valence-corrected chi connectivity index (χ1v) is 7.24. The van der Waals surface area contributed by atoms with Crippen LogP contribution in [0.4, 0.5) is 4.79 Å². The molecule has 6 nitrogen and oxygen atoms in total. The molecular formula is C10H18N2O4S. The van der Waals surface area contributed by atoms with Gasteiger partial charge in [-0.25, -0.2) is 4.79 Å². The van der Waals surface area contributed by atoms with Crippen molar-refractivity contribution in [1.82, 2.24) is 10.6 Å². The summed E-state index contributed by atoms with van der Waals surface area (Å²) in [4.78, 5) is 22.1. The zero-order valence-electron chi connectivity index (χ0n) is 9.82. The monoisotopic (exact) mass is 262 g/mol. The number of amides is 2. The van der Waals surface area contributed by atoms with Gasteiger partial charge < -0.3 is 15.7 Å². The van der Waals surface area contributed by atoms with Crippen LogP contribution in [0.3, 0.4) is 0 Å². The molecule has 1 fully saturated rings. The van der Waals surface area contributed by atoms with Gasteiger partial charge in [-0.15, -0.1) is 0 Å².